The summed E-state index contributed by atoms with van der Waals surface area (Å²) in [6.07, 6.45) is 5.19. The van der Waals surface area contributed by atoms with Crippen molar-refractivity contribution in [1.82, 2.24) is 0 Å². The number of fused-ring (bicyclic) bond motifs is 1. The number of hydrogen-bond acceptors (Lipinski definition) is 3. The number of likely N-dealkylation sites (N-methyl/N-ethyl adjacent to an activating group) is 1. The lowest BCUT2D eigenvalue weighted by Gasteiger charge is -2.34. The van der Waals surface area contributed by atoms with Crippen LogP contribution in [0.15, 0.2) is 18.2 Å². The van der Waals surface area contributed by atoms with Crippen molar-refractivity contribution in [2.24, 2.45) is 17.1 Å². The summed E-state index contributed by atoms with van der Waals surface area (Å²) in [6, 6.07) is 6.47. The molecule has 3 unspecified atom stereocenters. The van der Waals surface area contributed by atoms with Crippen molar-refractivity contribution >= 4 is 5.69 Å². The molecule has 0 bridgehead atoms. The number of aliphatic hydroxyl groups is 1. The van der Waals surface area contributed by atoms with Crippen molar-refractivity contribution < 1.29 is 5.11 Å². The van der Waals surface area contributed by atoms with Gasteiger partial charge < -0.3 is 15.7 Å². The Hall–Kier alpha value is -1.06. The number of anilines is 1. The predicted octanol–water partition coefficient (Wildman–Crippen LogP) is 2.87. The Kier molecular flexibility index (Phi) is 3.98. The average Bonchev–Trinajstić information content (AvgIpc) is 3.11. The summed E-state index contributed by atoms with van der Waals surface area (Å²) in [5, 5.41) is 11.0. The molecule has 21 heavy (non-hydrogen) atoms. The largest absolute Gasteiger partial charge is 0.388 e. The van der Waals surface area contributed by atoms with Crippen LogP contribution in [-0.4, -0.2) is 25.2 Å². The summed E-state index contributed by atoms with van der Waals surface area (Å²) in [7, 11) is 2.13. The van der Waals surface area contributed by atoms with Crippen molar-refractivity contribution in [2.75, 3.05) is 25.0 Å². The first-order chi connectivity index (χ1) is 10.1. The second kappa shape index (κ2) is 5.62. The Morgan fingerprint density at radius 2 is 2.29 bits per heavy atom. The Labute approximate surface area is 128 Å². The normalized spacial score (nSPS) is 29.7. The van der Waals surface area contributed by atoms with Gasteiger partial charge in [0.25, 0.3) is 0 Å². The molecule has 0 radical (unpaired) electrons. The molecule has 1 saturated carbocycles. The zero-order valence-corrected chi connectivity index (χ0v) is 13.3. The van der Waals surface area contributed by atoms with Crippen LogP contribution in [0, 0.1) is 11.3 Å². The molecule has 1 aliphatic heterocycles. The number of benzene rings is 1. The molecule has 2 aliphatic rings. The first kappa shape index (κ1) is 14.9. The molecule has 1 aliphatic carbocycles. The molecule has 0 aromatic heterocycles. The van der Waals surface area contributed by atoms with E-state index in [9.17, 15) is 5.11 Å². The smallest absolute Gasteiger partial charge is 0.0858 e. The van der Waals surface area contributed by atoms with Gasteiger partial charge in [0.05, 0.1) is 6.10 Å². The van der Waals surface area contributed by atoms with Crippen LogP contribution in [0.4, 0.5) is 5.69 Å². The van der Waals surface area contributed by atoms with Gasteiger partial charge in [0, 0.05) is 31.2 Å². The van der Waals surface area contributed by atoms with Gasteiger partial charge in [-0.25, -0.2) is 0 Å². The molecule has 3 atom stereocenters. The van der Waals surface area contributed by atoms with Crippen LogP contribution in [0.5, 0.6) is 0 Å². The van der Waals surface area contributed by atoms with Crippen LogP contribution in [0.1, 0.15) is 49.8 Å². The van der Waals surface area contributed by atoms with E-state index in [0.717, 1.165) is 37.3 Å². The van der Waals surface area contributed by atoms with Gasteiger partial charge in [0.2, 0.25) is 0 Å². The molecule has 3 N–H and O–H groups in total. The van der Waals surface area contributed by atoms with E-state index >= 15 is 0 Å². The van der Waals surface area contributed by atoms with Crippen LogP contribution < -0.4 is 10.6 Å². The Morgan fingerprint density at radius 1 is 1.48 bits per heavy atom. The highest BCUT2D eigenvalue weighted by Crippen LogP contribution is 2.50. The number of hydrogen-bond donors (Lipinski definition) is 2. The molecule has 1 aromatic rings. The predicted molar refractivity (Wildman–Crippen MR) is 87.5 cm³/mol. The molecule has 3 rings (SSSR count). The lowest BCUT2D eigenvalue weighted by atomic mass is 9.76. The lowest BCUT2D eigenvalue weighted by molar-refractivity contribution is 0.0301. The quantitative estimate of drug-likeness (QED) is 0.895. The molecule has 1 heterocycles. The maximum atomic E-state index is 11.0. The van der Waals surface area contributed by atoms with Gasteiger partial charge in [-0.3, -0.25) is 0 Å². The lowest BCUT2D eigenvalue weighted by Crippen LogP contribution is -2.34. The van der Waals surface area contributed by atoms with Crippen LogP contribution in [-0.2, 0) is 6.42 Å². The maximum Gasteiger partial charge on any atom is 0.0858 e. The van der Waals surface area contributed by atoms with Gasteiger partial charge in [-0.15, -0.1) is 0 Å². The zero-order chi connectivity index (χ0) is 15.0. The summed E-state index contributed by atoms with van der Waals surface area (Å²) in [5.74, 6) is 0.726. The summed E-state index contributed by atoms with van der Waals surface area (Å²) >= 11 is 0. The zero-order valence-electron chi connectivity index (χ0n) is 13.3. The van der Waals surface area contributed by atoms with E-state index in [2.05, 4.69) is 37.1 Å². The monoisotopic (exact) mass is 288 g/mol. The van der Waals surface area contributed by atoms with E-state index < -0.39 is 6.10 Å². The molecule has 0 saturated heterocycles. The van der Waals surface area contributed by atoms with Crippen molar-refractivity contribution in [1.29, 1.82) is 0 Å². The van der Waals surface area contributed by atoms with Crippen molar-refractivity contribution in [3.05, 3.63) is 29.3 Å². The minimum atomic E-state index is -0.421. The third-order valence-corrected chi connectivity index (χ3v) is 5.86. The van der Waals surface area contributed by atoms with Gasteiger partial charge in [-0.05, 0) is 48.8 Å². The summed E-state index contributed by atoms with van der Waals surface area (Å²) in [6.45, 7) is 3.91. The van der Waals surface area contributed by atoms with E-state index in [1.54, 1.807) is 0 Å². The van der Waals surface area contributed by atoms with Crippen LogP contribution in [0.2, 0.25) is 0 Å². The standard InChI is InChI=1S/C18H28N2O/c1-3-13-6-8-18(11-13,12-19)17(21)15-4-5-16-14(10-15)7-9-20(16)2/h4-5,10,13,17,21H,3,6-9,11-12,19H2,1-2H3. The first-order valence-electron chi connectivity index (χ1n) is 8.31. The summed E-state index contributed by atoms with van der Waals surface area (Å²) in [5.41, 5.74) is 9.72. The fourth-order valence-corrected chi connectivity index (χ4v) is 4.27. The second-order valence-electron chi connectivity index (χ2n) is 7.05. The van der Waals surface area contributed by atoms with Crippen LogP contribution >= 0.6 is 0 Å². The fraction of sp³-hybridized carbons (Fsp3) is 0.667. The van der Waals surface area contributed by atoms with E-state index in [1.165, 1.54) is 24.1 Å². The van der Waals surface area contributed by atoms with Gasteiger partial charge in [-0.1, -0.05) is 25.5 Å². The van der Waals surface area contributed by atoms with Gasteiger partial charge in [0.15, 0.2) is 0 Å². The Morgan fingerprint density at radius 3 is 2.95 bits per heavy atom. The van der Waals surface area contributed by atoms with E-state index in [-0.39, 0.29) is 5.41 Å². The molecule has 0 amide bonds. The summed E-state index contributed by atoms with van der Waals surface area (Å²) < 4.78 is 0. The highest BCUT2D eigenvalue weighted by atomic mass is 16.3. The van der Waals surface area contributed by atoms with Gasteiger partial charge in [0.1, 0.15) is 0 Å². The van der Waals surface area contributed by atoms with Gasteiger partial charge >= 0.3 is 0 Å². The second-order valence-corrected chi connectivity index (χ2v) is 7.05. The molecule has 1 aromatic carbocycles. The van der Waals surface area contributed by atoms with E-state index in [4.69, 9.17) is 5.73 Å². The molecule has 1 fully saturated rings. The van der Waals surface area contributed by atoms with E-state index in [1.807, 2.05) is 0 Å². The number of rotatable bonds is 4. The molecular weight excluding hydrogens is 260 g/mol. The van der Waals surface area contributed by atoms with Crippen LogP contribution in [0.25, 0.3) is 0 Å². The third-order valence-electron chi connectivity index (χ3n) is 5.86. The number of nitrogens with two attached hydrogens (primary N) is 1. The molecule has 3 heteroatoms. The third kappa shape index (κ3) is 2.47. The van der Waals surface area contributed by atoms with E-state index in [0.29, 0.717) is 6.54 Å². The SMILES string of the molecule is CCC1CCC(CN)(C(O)c2ccc3c(c2)CCN3C)C1. The highest BCUT2D eigenvalue weighted by molar-refractivity contribution is 5.58. The fourth-order valence-electron chi connectivity index (χ4n) is 4.27. The molecule has 0 spiro atoms. The Balaban J connectivity index is 1.86. The van der Waals surface area contributed by atoms with Crippen molar-refractivity contribution in [3.63, 3.8) is 0 Å². The first-order valence-corrected chi connectivity index (χ1v) is 8.31. The molecular formula is C18H28N2O. The number of nitrogens with zero attached hydrogens (tertiary/aromatic N) is 1. The maximum absolute atomic E-state index is 11.0. The topological polar surface area (TPSA) is 49.5 Å². The van der Waals surface area contributed by atoms with Crippen LogP contribution in [0.3, 0.4) is 0 Å². The van der Waals surface area contributed by atoms with Crippen molar-refractivity contribution in [3.8, 4) is 0 Å². The average molecular weight is 288 g/mol. The summed E-state index contributed by atoms with van der Waals surface area (Å²) in [4.78, 5) is 2.28. The minimum absolute atomic E-state index is 0.112. The highest BCUT2D eigenvalue weighted by Gasteiger charge is 2.43. The van der Waals surface area contributed by atoms with Gasteiger partial charge in [-0.2, -0.15) is 0 Å². The molecule has 116 valence electrons. The molecule has 3 nitrogen and oxygen atoms in total. The van der Waals surface area contributed by atoms with Crippen molar-refractivity contribution in [2.45, 2.75) is 45.1 Å². The number of aliphatic hydroxyl groups excluding tert-OH is 1. The minimum Gasteiger partial charge on any atom is -0.388 e. The Bertz CT molecular complexity index is 516.